The Kier molecular flexibility index (Phi) is 5.88. The van der Waals surface area contributed by atoms with Gasteiger partial charge in [-0.3, -0.25) is 4.79 Å². The van der Waals surface area contributed by atoms with E-state index >= 15 is 0 Å². The van der Waals surface area contributed by atoms with Gasteiger partial charge in [0.05, 0.1) is 0 Å². The Labute approximate surface area is 140 Å². The number of benzene rings is 2. The van der Waals surface area contributed by atoms with E-state index in [0.717, 1.165) is 23.8 Å². The first-order valence-corrected chi connectivity index (χ1v) is 7.83. The van der Waals surface area contributed by atoms with Gasteiger partial charge in [-0.05, 0) is 53.6 Å². The van der Waals surface area contributed by atoms with Crippen molar-refractivity contribution in [1.82, 2.24) is 0 Å². The molecule has 0 heterocycles. The van der Waals surface area contributed by atoms with Crippen molar-refractivity contribution in [3.05, 3.63) is 65.2 Å². The summed E-state index contributed by atoms with van der Waals surface area (Å²) in [6.07, 6.45) is 1.89. The number of hydrogen-bond donors (Lipinski definition) is 2. The standard InChI is InChI=1S/C19H20N2O3/c1-2-18(13-3-7-15(22)8-4-13)19(11-17(24)12-21-20)14-5-9-16(23)10-6-14/h3-10,12,18-19,22-23H,2,11H2,1H3/t18-,19+/m1/s1. The van der Waals surface area contributed by atoms with E-state index in [1.807, 2.05) is 19.1 Å². The number of ketones is 1. The van der Waals surface area contributed by atoms with Crippen molar-refractivity contribution in [2.24, 2.45) is 0 Å². The highest BCUT2D eigenvalue weighted by Gasteiger charge is 2.26. The van der Waals surface area contributed by atoms with Gasteiger partial charge in [0.15, 0.2) is 0 Å². The third-order valence-corrected chi connectivity index (χ3v) is 4.19. The van der Waals surface area contributed by atoms with Crippen LogP contribution in [0.3, 0.4) is 0 Å². The fourth-order valence-electron chi connectivity index (χ4n) is 3.02. The molecular weight excluding hydrogens is 304 g/mol. The highest BCUT2D eigenvalue weighted by Crippen LogP contribution is 2.39. The predicted octanol–water partition coefficient (Wildman–Crippen LogP) is 3.64. The number of carbonyl (C=O) groups excluding carboxylic acids is 1. The maximum atomic E-state index is 12.0. The molecule has 0 aliphatic rings. The lowest BCUT2D eigenvalue weighted by Gasteiger charge is -2.26. The summed E-state index contributed by atoms with van der Waals surface area (Å²) < 4.78 is 0. The van der Waals surface area contributed by atoms with E-state index in [1.165, 1.54) is 0 Å². The van der Waals surface area contributed by atoms with Crippen LogP contribution in [0.4, 0.5) is 0 Å². The normalized spacial score (nSPS) is 12.9. The molecule has 2 aromatic rings. The number of phenols is 2. The minimum absolute atomic E-state index is 0.0474. The fraction of sp³-hybridized carbons (Fsp3) is 0.263. The third kappa shape index (κ3) is 4.31. The van der Waals surface area contributed by atoms with Gasteiger partial charge in [0, 0.05) is 6.42 Å². The monoisotopic (exact) mass is 324 g/mol. The summed E-state index contributed by atoms with van der Waals surface area (Å²) in [6.45, 7) is 2.04. The molecule has 2 N–H and O–H groups in total. The summed E-state index contributed by atoms with van der Waals surface area (Å²) >= 11 is 0. The Morgan fingerprint density at radius 2 is 1.46 bits per heavy atom. The van der Waals surface area contributed by atoms with Gasteiger partial charge in [0.2, 0.25) is 5.78 Å². The quantitative estimate of drug-likeness (QED) is 0.462. The topological polar surface area (TPSA) is 93.9 Å². The van der Waals surface area contributed by atoms with Crippen molar-refractivity contribution in [2.75, 3.05) is 0 Å². The van der Waals surface area contributed by atoms with Gasteiger partial charge in [-0.2, -0.15) is 4.79 Å². The Hall–Kier alpha value is -2.91. The van der Waals surface area contributed by atoms with E-state index in [-0.39, 0.29) is 35.5 Å². The van der Waals surface area contributed by atoms with Gasteiger partial charge in [-0.25, -0.2) is 0 Å². The van der Waals surface area contributed by atoms with Gasteiger partial charge in [-0.1, -0.05) is 31.2 Å². The van der Waals surface area contributed by atoms with Crippen LogP contribution in [-0.2, 0) is 4.79 Å². The van der Waals surface area contributed by atoms with E-state index in [0.29, 0.717) is 0 Å². The first kappa shape index (κ1) is 17.4. The summed E-state index contributed by atoms with van der Waals surface area (Å²) in [4.78, 5) is 14.8. The molecule has 0 aromatic heterocycles. The summed E-state index contributed by atoms with van der Waals surface area (Å²) in [5.74, 6) is 0.00124. The van der Waals surface area contributed by atoms with E-state index in [1.54, 1.807) is 36.4 Å². The largest absolute Gasteiger partial charge is 0.508 e. The molecular formula is C19H20N2O3. The minimum Gasteiger partial charge on any atom is -0.508 e. The number of hydrogen-bond acceptors (Lipinski definition) is 3. The SMILES string of the molecule is CC[C@H](c1ccc(O)cc1)[C@@H](CC(=O)C=[N+]=[N-])c1ccc(O)cc1. The molecule has 0 fully saturated rings. The maximum Gasteiger partial charge on any atom is 0.323 e. The number of nitrogens with zero attached hydrogens (tertiary/aromatic N) is 2. The lowest BCUT2D eigenvalue weighted by atomic mass is 9.77. The van der Waals surface area contributed by atoms with Crippen LogP contribution in [0.25, 0.3) is 5.53 Å². The average Bonchev–Trinajstić information content (AvgIpc) is 2.57. The Balaban J connectivity index is 2.41. The molecule has 24 heavy (non-hydrogen) atoms. The number of carbonyl (C=O) groups is 1. The molecule has 0 amide bonds. The molecule has 5 nitrogen and oxygen atoms in total. The van der Waals surface area contributed by atoms with Gasteiger partial charge >= 0.3 is 6.21 Å². The highest BCUT2D eigenvalue weighted by molar-refractivity contribution is 6.25. The molecule has 0 saturated carbocycles. The molecule has 0 unspecified atom stereocenters. The van der Waals surface area contributed by atoms with E-state index in [4.69, 9.17) is 5.53 Å². The predicted molar refractivity (Wildman–Crippen MR) is 91.3 cm³/mol. The molecule has 2 rings (SSSR count). The first-order valence-electron chi connectivity index (χ1n) is 7.83. The van der Waals surface area contributed by atoms with Gasteiger partial charge in [-0.15, -0.1) is 0 Å². The van der Waals surface area contributed by atoms with Crippen molar-refractivity contribution < 1.29 is 19.8 Å². The van der Waals surface area contributed by atoms with Crippen molar-refractivity contribution in [3.8, 4) is 11.5 Å². The zero-order valence-electron chi connectivity index (χ0n) is 13.5. The summed E-state index contributed by atoms with van der Waals surface area (Å²) in [5.41, 5.74) is 10.5. The number of Topliss-reactive ketones (excluding diaryl/α,β-unsaturated/α-hetero) is 1. The van der Waals surface area contributed by atoms with Crippen LogP contribution >= 0.6 is 0 Å². The molecule has 2 aromatic carbocycles. The molecule has 0 spiro atoms. The van der Waals surface area contributed by atoms with Crippen molar-refractivity contribution in [3.63, 3.8) is 0 Å². The maximum absolute atomic E-state index is 12.0. The van der Waals surface area contributed by atoms with E-state index < -0.39 is 0 Å². The Morgan fingerprint density at radius 3 is 1.88 bits per heavy atom. The van der Waals surface area contributed by atoms with Crippen LogP contribution in [-0.4, -0.2) is 27.0 Å². The summed E-state index contributed by atoms with van der Waals surface area (Å²) in [5, 5.41) is 19.0. The first-order chi connectivity index (χ1) is 11.5. The summed E-state index contributed by atoms with van der Waals surface area (Å²) in [7, 11) is 0. The van der Waals surface area contributed by atoms with Gasteiger partial charge < -0.3 is 15.7 Å². The number of phenolic OH excluding ortho intramolecular Hbond substituents is 2. The Bertz CT molecular complexity index is 732. The van der Waals surface area contributed by atoms with Crippen LogP contribution < -0.4 is 0 Å². The van der Waals surface area contributed by atoms with Gasteiger partial charge in [0.25, 0.3) is 0 Å². The highest BCUT2D eigenvalue weighted by atomic mass is 16.3. The second-order valence-corrected chi connectivity index (χ2v) is 5.72. The van der Waals surface area contributed by atoms with Crippen LogP contribution in [0, 0.1) is 0 Å². The summed E-state index contributed by atoms with van der Waals surface area (Å²) in [6, 6.07) is 13.7. The van der Waals surface area contributed by atoms with Crippen LogP contribution in [0.2, 0.25) is 0 Å². The fourth-order valence-corrected chi connectivity index (χ4v) is 3.02. The van der Waals surface area contributed by atoms with Crippen molar-refractivity contribution in [1.29, 1.82) is 0 Å². The molecule has 0 aliphatic heterocycles. The van der Waals surface area contributed by atoms with Crippen molar-refractivity contribution in [2.45, 2.75) is 31.6 Å². The van der Waals surface area contributed by atoms with Crippen molar-refractivity contribution >= 4 is 12.0 Å². The lowest BCUT2D eigenvalue weighted by molar-refractivity contribution is -0.116. The molecule has 0 bridgehead atoms. The lowest BCUT2D eigenvalue weighted by Crippen LogP contribution is -2.16. The minimum atomic E-state index is -0.271. The smallest absolute Gasteiger partial charge is 0.323 e. The molecule has 0 aliphatic carbocycles. The second kappa shape index (κ2) is 8.09. The van der Waals surface area contributed by atoms with E-state index in [2.05, 4.69) is 4.79 Å². The Morgan fingerprint density at radius 1 is 1.00 bits per heavy atom. The van der Waals surface area contributed by atoms with Crippen LogP contribution in [0.1, 0.15) is 42.7 Å². The molecule has 5 heteroatoms. The third-order valence-electron chi connectivity index (χ3n) is 4.19. The molecule has 0 saturated heterocycles. The molecule has 2 atom stereocenters. The molecule has 0 radical (unpaired) electrons. The number of rotatable bonds is 7. The van der Waals surface area contributed by atoms with Crippen LogP contribution in [0.5, 0.6) is 11.5 Å². The van der Waals surface area contributed by atoms with Gasteiger partial charge in [0.1, 0.15) is 11.5 Å². The molecule has 124 valence electrons. The number of aromatic hydroxyl groups is 2. The average molecular weight is 324 g/mol. The zero-order valence-corrected chi connectivity index (χ0v) is 13.5. The van der Waals surface area contributed by atoms with E-state index in [9.17, 15) is 15.0 Å². The zero-order chi connectivity index (χ0) is 17.5. The second-order valence-electron chi connectivity index (χ2n) is 5.72. The van der Waals surface area contributed by atoms with Crippen LogP contribution in [0.15, 0.2) is 48.5 Å².